The van der Waals surface area contributed by atoms with Gasteiger partial charge in [0, 0.05) is 0 Å². The van der Waals surface area contributed by atoms with Crippen LogP contribution in [0, 0.1) is 75.9 Å². The fraction of sp³-hybridized carbons (Fsp3) is 0. The number of nitrogens with zero attached hydrogens (tertiary/aromatic N) is 1. The third kappa shape index (κ3) is 96.9. The predicted molar refractivity (Wildman–Crippen MR) is 24.2 cm³/mol. The molecule has 6 heavy (non-hydrogen) atoms. The third-order valence-electron chi connectivity index (χ3n) is 0. The van der Waals surface area contributed by atoms with E-state index in [1.165, 1.54) is 0 Å². The van der Waals surface area contributed by atoms with E-state index < -0.39 is 0 Å². The maximum atomic E-state index is 6.25. The van der Waals surface area contributed by atoms with Crippen LogP contribution >= 0.6 is 0 Å². The molecule has 0 unspecified atom stereocenters. The molecule has 0 saturated carbocycles. The molecule has 0 aliphatic rings. The fourth-order valence-corrected chi connectivity index (χ4v) is 0. The van der Waals surface area contributed by atoms with Gasteiger partial charge in [0.1, 0.15) is 0 Å². The van der Waals surface area contributed by atoms with Crippen LogP contribution in [0.4, 0.5) is 0 Å². The molecule has 0 saturated heterocycles. The maximum absolute atomic E-state index is 6.25. The van der Waals surface area contributed by atoms with Crippen LogP contribution in [0.15, 0.2) is 0 Å². The molecule has 0 rings (SSSR count). The molecule has 0 aliphatic heterocycles. The molecular formula is C4H9CeN. The molecule has 0 aliphatic carbocycles. The molecule has 0 bridgehead atoms. The largest absolute Gasteiger partial charge is 4.00 e. The van der Waals surface area contributed by atoms with Crippen molar-refractivity contribution >= 4 is 0 Å². The summed E-state index contributed by atoms with van der Waals surface area (Å²) in [6.07, 6.45) is 0. The summed E-state index contributed by atoms with van der Waals surface area (Å²) in [5.74, 6) is 0. The predicted octanol–water partition coefficient (Wildman–Crippen LogP) is 1.45. The normalized spacial score (nSPS) is 0.333. The average Bonchev–Trinajstić information content (AvgIpc) is 1.00. The average molecular weight is 211 g/mol. The Morgan fingerprint density at radius 1 is 0.833 bits per heavy atom. The number of hydrogen-bond acceptors (Lipinski definition) is 1. The van der Waals surface area contributed by atoms with Gasteiger partial charge in [-0.3, -0.25) is 0 Å². The molecule has 34 valence electrons. The van der Waals surface area contributed by atoms with Crippen molar-refractivity contribution in [3.63, 3.8) is 0 Å². The van der Waals surface area contributed by atoms with E-state index in [1.807, 2.05) is 0 Å². The Labute approximate surface area is 75.1 Å². The summed E-state index contributed by atoms with van der Waals surface area (Å²) in [7, 11) is 0. The van der Waals surface area contributed by atoms with Gasteiger partial charge < -0.3 is 34.1 Å². The third-order valence-corrected chi connectivity index (χ3v) is 0. The van der Waals surface area contributed by atoms with Crippen molar-refractivity contribution in [1.29, 1.82) is 5.26 Å². The summed E-state index contributed by atoms with van der Waals surface area (Å²) in [5, 5.41) is 6.25. The van der Waals surface area contributed by atoms with Gasteiger partial charge in [0.15, 0.2) is 0 Å². The van der Waals surface area contributed by atoms with Gasteiger partial charge in [0.25, 0.3) is 0 Å². The first-order valence-corrected chi connectivity index (χ1v) is 0.224. The first-order valence-electron chi connectivity index (χ1n) is 0.224. The number of rotatable bonds is 0. The Balaban J connectivity index is -0.000000000833. The van der Waals surface area contributed by atoms with Gasteiger partial charge in [-0.1, -0.05) is 0 Å². The number of hydrogen-bond donors (Lipinski definition) is 0. The standard InChI is InChI=1S/CN.3CH3.Ce/c1-2;;;;/h;3*1H3;/q4*-1;+4. The Kier molecular flexibility index (Phi) is 2090. The van der Waals surface area contributed by atoms with Crippen molar-refractivity contribution < 1.29 is 41.7 Å². The quantitative estimate of drug-likeness (QED) is 0.556. The van der Waals surface area contributed by atoms with Crippen LogP contribution in [-0.2, 0) is 0 Å². The van der Waals surface area contributed by atoms with Crippen molar-refractivity contribution in [1.82, 2.24) is 0 Å². The fourth-order valence-electron chi connectivity index (χ4n) is 0. The van der Waals surface area contributed by atoms with Crippen molar-refractivity contribution in [3.05, 3.63) is 28.9 Å². The molecule has 2 heteroatoms. The summed E-state index contributed by atoms with van der Waals surface area (Å²) < 4.78 is 0. The van der Waals surface area contributed by atoms with E-state index >= 15 is 0 Å². The van der Waals surface area contributed by atoms with Crippen molar-refractivity contribution in [2.45, 2.75) is 0 Å². The zero-order chi connectivity index (χ0) is 2.00. The van der Waals surface area contributed by atoms with Crippen molar-refractivity contribution in [2.75, 3.05) is 0 Å². The summed E-state index contributed by atoms with van der Waals surface area (Å²) >= 11 is 0. The molecule has 0 spiro atoms. The molecule has 0 heterocycles. The van der Waals surface area contributed by atoms with E-state index in [4.69, 9.17) is 11.8 Å². The van der Waals surface area contributed by atoms with E-state index in [1.54, 1.807) is 0 Å². The van der Waals surface area contributed by atoms with E-state index in [0.717, 1.165) is 0 Å². The Bertz CT molecular complexity index is 12.3. The Morgan fingerprint density at radius 3 is 0.833 bits per heavy atom. The van der Waals surface area contributed by atoms with Crippen LogP contribution in [0.2, 0.25) is 0 Å². The molecule has 1 nitrogen and oxygen atoms in total. The maximum Gasteiger partial charge on any atom is 4.00 e. The molecular weight excluding hydrogens is 202 g/mol. The second-order valence-electron chi connectivity index (χ2n) is 0. The second kappa shape index (κ2) is 185. The van der Waals surface area contributed by atoms with E-state index in [-0.39, 0.29) is 64.0 Å². The van der Waals surface area contributed by atoms with Gasteiger partial charge in [-0.05, 0) is 0 Å². The van der Waals surface area contributed by atoms with Gasteiger partial charge in [-0.15, -0.1) is 0 Å². The van der Waals surface area contributed by atoms with Gasteiger partial charge in [-0.2, -0.15) is 0 Å². The monoisotopic (exact) mass is 211 g/mol. The van der Waals surface area contributed by atoms with Crippen LogP contribution in [0.25, 0.3) is 0 Å². The van der Waals surface area contributed by atoms with E-state index in [0.29, 0.717) is 0 Å². The van der Waals surface area contributed by atoms with Crippen LogP contribution in [0.3, 0.4) is 0 Å². The molecule has 0 atom stereocenters. The molecule has 0 radical (unpaired) electrons. The molecule has 0 aromatic rings. The Hall–Kier alpha value is 0.867. The topological polar surface area (TPSA) is 23.8 Å². The molecule has 0 amide bonds. The SMILES string of the molecule is [C-]#N.[CH3-].[CH3-].[CH3-].[Ce+4]. The van der Waals surface area contributed by atoms with Crippen LogP contribution in [-0.4, -0.2) is 0 Å². The summed E-state index contributed by atoms with van der Waals surface area (Å²) in [6, 6.07) is 0. The summed E-state index contributed by atoms with van der Waals surface area (Å²) in [6.45, 7) is 4.75. The smallest absolute Gasteiger partial charge is 0.512 e. The van der Waals surface area contributed by atoms with E-state index in [2.05, 4.69) is 0 Å². The minimum Gasteiger partial charge on any atom is -0.512 e. The molecule has 0 N–H and O–H groups in total. The first-order chi connectivity index (χ1) is 1.00. The van der Waals surface area contributed by atoms with E-state index in [9.17, 15) is 0 Å². The molecule has 0 aromatic carbocycles. The molecule has 0 fully saturated rings. The van der Waals surface area contributed by atoms with Gasteiger partial charge in [0.2, 0.25) is 0 Å². The zero-order valence-corrected chi connectivity index (χ0v) is 7.59. The van der Waals surface area contributed by atoms with Gasteiger partial charge in [0.05, 0.1) is 0 Å². The van der Waals surface area contributed by atoms with Crippen LogP contribution < -0.4 is 0 Å². The van der Waals surface area contributed by atoms with Crippen molar-refractivity contribution in [3.8, 4) is 0 Å². The summed E-state index contributed by atoms with van der Waals surface area (Å²) in [4.78, 5) is 0. The van der Waals surface area contributed by atoms with Gasteiger partial charge >= 0.3 is 41.7 Å². The van der Waals surface area contributed by atoms with Crippen LogP contribution in [0.1, 0.15) is 0 Å². The first kappa shape index (κ1) is 67.8. The van der Waals surface area contributed by atoms with Gasteiger partial charge in [-0.25, -0.2) is 0 Å². The zero-order valence-electron chi connectivity index (χ0n) is 4.45. The van der Waals surface area contributed by atoms with Crippen LogP contribution in [0.5, 0.6) is 0 Å². The Morgan fingerprint density at radius 2 is 0.833 bits per heavy atom. The molecule has 0 aromatic heterocycles. The second-order valence-corrected chi connectivity index (χ2v) is 0. The van der Waals surface area contributed by atoms with Crippen molar-refractivity contribution in [2.24, 2.45) is 0 Å². The minimum absolute atomic E-state index is 0. The summed E-state index contributed by atoms with van der Waals surface area (Å²) in [5.41, 5.74) is 0. The minimum atomic E-state index is 0.